The molecule has 0 aliphatic heterocycles. The Balaban J connectivity index is 1.81. The van der Waals surface area contributed by atoms with Crippen LogP contribution in [0.3, 0.4) is 0 Å². The molecule has 3 heterocycles. The molecule has 96 valence electrons. The molecule has 19 heavy (non-hydrogen) atoms. The molecule has 0 fully saturated rings. The summed E-state index contributed by atoms with van der Waals surface area (Å²) < 4.78 is 0. The van der Waals surface area contributed by atoms with Crippen LogP contribution in [0.1, 0.15) is 11.4 Å². The Morgan fingerprint density at radius 2 is 2.11 bits per heavy atom. The molecule has 0 saturated carbocycles. The Hall–Kier alpha value is -1.66. The van der Waals surface area contributed by atoms with Gasteiger partial charge in [0.15, 0.2) is 5.16 Å². The first-order chi connectivity index (χ1) is 9.22. The van der Waals surface area contributed by atoms with Crippen molar-refractivity contribution in [3.8, 4) is 0 Å². The van der Waals surface area contributed by atoms with Gasteiger partial charge in [0.2, 0.25) is 0 Å². The summed E-state index contributed by atoms with van der Waals surface area (Å²) in [7, 11) is 0. The third-order valence-corrected chi connectivity index (χ3v) is 4.32. The fourth-order valence-corrected chi connectivity index (χ4v) is 3.33. The number of hydrogen-bond donors (Lipinski definition) is 1. The third-order valence-electron chi connectivity index (χ3n) is 2.63. The maximum absolute atomic E-state index is 5.92. The van der Waals surface area contributed by atoms with Gasteiger partial charge in [0.05, 0.1) is 11.1 Å². The van der Waals surface area contributed by atoms with Crippen LogP contribution in [0, 0.1) is 6.92 Å². The minimum absolute atomic E-state index is 0.547. The van der Waals surface area contributed by atoms with Gasteiger partial charge in [-0.2, -0.15) is 0 Å². The minimum atomic E-state index is 0.547. The van der Waals surface area contributed by atoms with Crippen LogP contribution in [0.2, 0.25) is 0 Å². The number of anilines is 1. The molecular weight excluding hydrogens is 276 g/mol. The molecule has 4 nitrogen and oxygen atoms in total. The van der Waals surface area contributed by atoms with E-state index in [1.54, 1.807) is 23.1 Å². The van der Waals surface area contributed by atoms with Gasteiger partial charge in [0.1, 0.15) is 10.6 Å². The number of nitrogens with two attached hydrogens (primary N) is 1. The van der Waals surface area contributed by atoms with Crippen LogP contribution in [0.4, 0.5) is 5.82 Å². The van der Waals surface area contributed by atoms with E-state index in [2.05, 4.69) is 15.0 Å². The lowest BCUT2D eigenvalue weighted by Gasteiger charge is -2.03. The highest BCUT2D eigenvalue weighted by Crippen LogP contribution is 2.27. The Kier molecular flexibility index (Phi) is 3.35. The quantitative estimate of drug-likeness (QED) is 0.592. The zero-order chi connectivity index (χ0) is 13.2. The lowest BCUT2D eigenvalue weighted by atomic mass is 10.3. The first-order valence-corrected chi connectivity index (χ1v) is 7.65. The number of pyridine rings is 1. The molecule has 0 saturated heterocycles. The molecule has 0 unspecified atom stereocenters. The summed E-state index contributed by atoms with van der Waals surface area (Å²) in [4.78, 5) is 14.2. The topological polar surface area (TPSA) is 64.7 Å². The van der Waals surface area contributed by atoms with Crippen molar-refractivity contribution < 1.29 is 0 Å². The summed E-state index contributed by atoms with van der Waals surface area (Å²) in [6, 6.07) is 7.95. The molecule has 6 heteroatoms. The Morgan fingerprint density at radius 3 is 2.95 bits per heavy atom. The summed E-state index contributed by atoms with van der Waals surface area (Å²) in [5, 5.41) is 3.62. The van der Waals surface area contributed by atoms with Crippen molar-refractivity contribution in [3.05, 3.63) is 41.0 Å². The van der Waals surface area contributed by atoms with E-state index in [9.17, 15) is 0 Å². The van der Waals surface area contributed by atoms with Crippen LogP contribution in [0.5, 0.6) is 0 Å². The van der Waals surface area contributed by atoms with E-state index < -0.39 is 0 Å². The second-order valence-electron chi connectivity index (χ2n) is 4.09. The van der Waals surface area contributed by atoms with Crippen molar-refractivity contribution in [3.63, 3.8) is 0 Å². The van der Waals surface area contributed by atoms with Crippen LogP contribution in [0.15, 0.2) is 34.8 Å². The molecule has 0 radical (unpaired) electrons. The number of thiophene rings is 1. The first-order valence-electron chi connectivity index (χ1n) is 5.78. The second kappa shape index (κ2) is 5.14. The monoisotopic (exact) mass is 288 g/mol. The van der Waals surface area contributed by atoms with E-state index in [1.807, 2.05) is 36.6 Å². The van der Waals surface area contributed by atoms with Crippen LogP contribution in [0.25, 0.3) is 10.2 Å². The fraction of sp³-hybridized carbons (Fsp3) is 0.154. The third kappa shape index (κ3) is 2.69. The second-order valence-corrected chi connectivity index (χ2v) is 5.93. The van der Waals surface area contributed by atoms with Crippen molar-refractivity contribution in [2.75, 3.05) is 5.73 Å². The number of hydrogen-bond acceptors (Lipinski definition) is 6. The van der Waals surface area contributed by atoms with Gasteiger partial charge < -0.3 is 5.73 Å². The molecule has 0 atom stereocenters. The van der Waals surface area contributed by atoms with Crippen LogP contribution in [-0.4, -0.2) is 15.0 Å². The van der Waals surface area contributed by atoms with Gasteiger partial charge >= 0.3 is 0 Å². The number of aryl methyl sites for hydroxylation is 1. The van der Waals surface area contributed by atoms with Gasteiger partial charge in [-0.05, 0) is 30.5 Å². The molecule has 0 aliphatic carbocycles. The Bertz CT molecular complexity index is 723. The molecule has 3 aromatic heterocycles. The normalized spacial score (nSPS) is 11.0. The van der Waals surface area contributed by atoms with E-state index in [-0.39, 0.29) is 0 Å². The van der Waals surface area contributed by atoms with Crippen LogP contribution >= 0.6 is 23.1 Å². The smallest absolute Gasteiger partial charge is 0.191 e. The zero-order valence-corrected chi connectivity index (χ0v) is 12.0. The zero-order valence-electron chi connectivity index (χ0n) is 10.3. The van der Waals surface area contributed by atoms with E-state index >= 15 is 0 Å². The summed E-state index contributed by atoms with van der Waals surface area (Å²) in [6.45, 7) is 1.99. The average Bonchev–Trinajstić information content (AvgIpc) is 2.85. The predicted octanol–water partition coefficient (Wildman–Crippen LogP) is 3.27. The van der Waals surface area contributed by atoms with E-state index in [0.29, 0.717) is 11.0 Å². The summed E-state index contributed by atoms with van der Waals surface area (Å²) >= 11 is 3.14. The molecule has 0 aromatic carbocycles. The standard InChI is InChI=1S/C13H12N4S2/c1-8-3-2-4-9(15-8)7-19-13-16-11(14)10-5-6-18-12(10)17-13/h2-6H,7H2,1H3,(H2,14,16,17). The van der Waals surface area contributed by atoms with Gasteiger partial charge in [-0.3, -0.25) is 4.98 Å². The summed E-state index contributed by atoms with van der Waals surface area (Å²) in [6.07, 6.45) is 0. The van der Waals surface area contributed by atoms with E-state index in [4.69, 9.17) is 5.73 Å². The summed E-state index contributed by atoms with van der Waals surface area (Å²) in [5.41, 5.74) is 7.97. The highest BCUT2D eigenvalue weighted by Gasteiger charge is 2.07. The molecule has 0 amide bonds. The van der Waals surface area contributed by atoms with E-state index in [1.165, 1.54) is 0 Å². The van der Waals surface area contributed by atoms with Crippen LogP contribution in [-0.2, 0) is 5.75 Å². The molecule has 3 rings (SSSR count). The van der Waals surface area contributed by atoms with Crippen molar-refractivity contribution in [2.24, 2.45) is 0 Å². The highest BCUT2D eigenvalue weighted by atomic mass is 32.2. The maximum Gasteiger partial charge on any atom is 0.191 e. The number of fused-ring (bicyclic) bond motifs is 1. The number of thioether (sulfide) groups is 1. The lowest BCUT2D eigenvalue weighted by molar-refractivity contribution is 1.01. The molecule has 0 spiro atoms. The predicted molar refractivity (Wildman–Crippen MR) is 80.4 cm³/mol. The number of nitrogen functional groups attached to an aromatic ring is 1. The molecule has 0 bridgehead atoms. The van der Waals surface area contributed by atoms with Crippen molar-refractivity contribution >= 4 is 39.1 Å². The fourth-order valence-electron chi connectivity index (χ4n) is 1.74. The largest absolute Gasteiger partial charge is 0.383 e. The average molecular weight is 288 g/mol. The highest BCUT2D eigenvalue weighted by molar-refractivity contribution is 7.98. The number of nitrogens with zero attached hydrogens (tertiary/aromatic N) is 3. The Labute approximate surface area is 119 Å². The molecule has 3 aromatic rings. The van der Waals surface area contributed by atoms with Crippen molar-refractivity contribution in [1.29, 1.82) is 0 Å². The van der Waals surface area contributed by atoms with Gasteiger partial charge in [-0.1, -0.05) is 17.8 Å². The maximum atomic E-state index is 5.92. The van der Waals surface area contributed by atoms with Gasteiger partial charge in [-0.15, -0.1) is 11.3 Å². The van der Waals surface area contributed by atoms with Gasteiger partial charge in [0, 0.05) is 11.4 Å². The van der Waals surface area contributed by atoms with E-state index in [0.717, 1.165) is 27.4 Å². The SMILES string of the molecule is Cc1cccc(CSc2nc(N)c3ccsc3n2)n1. The number of aromatic nitrogens is 3. The molecular formula is C13H12N4S2. The molecule has 2 N–H and O–H groups in total. The first kappa shape index (κ1) is 12.4. The minimum Gasteiger partial charge on any atom is -0.383 e. The molecule has 0 aliphatic rings. The van der Waals surface area contributed by atoms with Crippen molar-refractivity contribution in [2.45, 2.75) is 17.8 Å². The van der Waals surface area contributed by atoms with Gasteiger partial charge in [-0.25, -0.2) is 9.97 Å². The van der Waals surface area contributed by atoms with Crippen molar-refractivity contribution in [1.82, 2.24) is 15.0 Å². The van der Waals surface area contributed by atoms with Gasteiger partial charge in [0.25, 0.3) is 0 Å². The summed E-state index contributed by atoms with van der Waals surface area (Å²) in [5.74, 6) is 1.30. The lowest BCUT2D eigenvalue weighted by Crippen LogP contribution is -1.96. The Morgan fingerprint density at radius 1 is 1.21 bits per heavy atom. The van der Waals surface area contributed by atoms with Crippen LogP contribution < -0.4 is 5.73 Å². The number of rotatable bonds is 3.